The van der Waals surface area contributed by atoms with E-state index in [1.165, 1.54) is 0 Å². The highest BCUT2D eigenvalue weighted by molar-refractivity contribution is 9.11. The third-order valence-electron chi connectivity index (χ3n) is 1.32. The molecule has 0 aliphatic heterocycles. The summed E-state index contributed by atoms with van der Waals surface area (Å²) in [5, 5.41) is 0. The van der Waals surface area contributed by atoms with Crippen LogP contribution < -0.4 is 5.73 Å². The molecule has 0 aromatic carbocycles. The Bertz CT molecular complexity index is 261. The maximum Gasteiger partial charge on any atom is 0.110 e. The molecule has 0 unspecified atom stereocenters. The van der Waals surface area contributed by atoms with Crippen molar-refractivity contribution in [3.8, 4) is 0 Å². The number of pyridine rings is 1. The minimum Gasteiger partial charge on any atom is -0.324 e. The van der Waals surface area contributed by atoms with Crippen molar-refractivity contribution in [1.29, 1.82) is 0 Å². The molecule has 1 heterocycles. The topological polar surface area (TPSA) is 38.9 Å². The van der Waals surface area contributed by atoms with Gasteiger partial charge in [0.25, 0.3) is 0 Å². The number of aromatic nitrogens is 1. The second kappa shape index (κ2) is 3.65. The largest absolute Gasteiger partial charge is 0.324 e. The van der Waals surface area contributed by atoms with Gasteiger partial charge >= 0.3 is 0 Å². The zero-order valence-electron chi connectivity index (χ0n) is 6.01. The maximum absolute atomic E-state index is 5.69. The number of halogens is 2. The molecule has 2 nitrogen and oxygen atoms in total. The van der Waals surface area contributed by atoms with E-state index in [1.807, 2.05) is 13.0 Å². The summed E-state index contributed by atoms with van der Waals surface area (Å²) in [4.78, 5) is 4.09. The van der Waals surface area contributed by atoms with Crippen molar-refractivity contribution in [1.82, 2.24) is 4.98 Å². The quantitative estimate of drug-likeness (QED) is 0.803. The number of rotatable bonds is 1. The molecule has 1 aromatic rings. The first kappa shape index (κ1) is 9.16. The first-order valence-corrected chi connectivity index (χ1v) is 4.76. The van der Waals surface area contributed by atoms with Gasteiger partial charge in [-0.05, 0) is 44.8 Å². The summed E-state index contributed by atoms with van der Waals surface area (Å²) < 4.78 is 1.77. The predicted octanol–water partition coefficient (Wildman–Crippen LogP) is 2.63. The fourth-order valence-electron chi connectivity index (χ4n) is 0.758. The van der Waals surface area contributed by atoms with Crippen LogP contribution in [0.5, 0.6) is 0 Å². The summed E-state index contributed by atoms with van der Waals surface area (Å²) in [5.74, 6) is 0. The summed E-state index contributed by atoms with van der Waals surface area (Å²) in [7, 11) is 0. The van der Waals surface area contributed by atoms with Crippen LogP contribution >= 0.6 is 31.9 Å². The van der Waals surface area contributed by atoms with Crippen molar-refractivity contribution in [3.05, 3.63) is 26.9 Å². The number of hydrogen-bond acceptors (Lipinski definition) is 2. The molecule has 0 radical (unpaired) electrons. The molecule has 60 valence electrons. The van der Waals surface area contributed by atoms with Crippen molar-refractivity contribution in [3.63, 3.8) is 0 Å². The Balaban J connectivity index is 3.13. The van der Waals surface area contributed by atoms with Gasteiger partial charge in [-0.25, -0.2) is 4.98 Å². The van der Waals surface area contributed by atoms with E-state index in [2.05, 4.69) is 36.8 Å². The molecule has 1 atom stereocenters. The molecular formula is C7H8Br2N2. The third-order valence-corrected chi connectivity index (χ3v) is 2.42. The van der Waals surface area contributed by atoms with Gasteiger partial charge in [0.1, 0.15) is 4.60 Å². The SMILES string of the molecule is C[C@@H](N)c1cc(Br)cnc1Br. The molecule has 2 N–H and O–H groups in total. The second-order valence-corrected chi connectivity index (χ2v) is 3.99. The molecule has 1 rings (SSSR count). The van der Waals surface area contributed by atoms with E-state index in [4.69, 9.17) is 5.73 Å². The van der Waals surface area contributed by atoms with Crippen LogP contribution in [0.3, 0.4) is 0 Å². The Hall–Kier alpha value is 0.0700. The lowest BCUT2D eigenvalue weighted by Gasteiger charge is -2.06. The lowest BCUT2D eigenvalue weighted by Crippen LogP contribution is -2.06. The van der Waals surface area contributed by atoms with Crippen LogP contribution in [0.2, 0.25) is 0 Å². The van der Waals surface area contributed by atoms with Gasteiger partial charge in [-0.1, -0.05) is 0 Å². The van der Waals surface area contributed by atoms with Gasteiger partial charge in [0, 0.05) is 22.3 Å². The van der Waals surface area contributed by atoms with Gasteiger partial charge in [0.2, 0.25) is 0 Å². The molecule has 0 bridgehead atoms. The monoisotopic (exact) mass is 278 g/mol. The van der Waals surface area contributed by atoms with Gasteiger partial charge in [0.05, 0.1) is 0 Å². The smallest absolute Gasteiger partial charge is 0.110 e. The normalized spacial score (nSPS) is 13.1. The molecule has 0 saturated carbocycles. The molecule has 11 heavy (non-hydrogen) atoms. The van der Waals surface area contributed by atoms with E-state index in [0.717, 1.165) is 14.6 Å². The van der Waals surface area contributed by atoms with Crippen LogP contribution in [0.1, 0.15) is 18.5 Å². The number of hydrogen-bond donors (Lipinski definition) is 1. The van der Waals surface area contributed by atoms with Crippen molar-refractivity contribution < 1.29 is 0 Å². The summed E-state index contributed by atoms with van der Waals surface area (Å²) in [5.41, 5.74) is 6.71. The van der Waals surface area contributed by atoms with Gasteiger partial charge in [-0.15, -0.1) is 0 Å². The van der Waals surface area contributed by atoms with Gasteiger partial charge < -0.3 is 5.73 Å². The standard InChI is InChI=1S/C7H8Br2N2/c1-4(10)6-2-5(8)3-11-7(6)9/h2-4H,10H2,1H3/t4-/m1/s1. The van der Waals surface area contributed by atoms with E-state index >= 15 is 0 Å². The second-order valence-electron chi connectivity index (χ2n) is 2.32. The zero-order valence-corrected chi connectivity index (χ0v) is 9.18. The predicted molar refractivity (Wildman–Crippen MR) is 52.2 cm³/mol. The average molecular weight is 280 g/mol. The molecule has 0 fully saturated rings. The highest BCUT2D eigenvalue weighted by atomic mass is 79.9. The van der Waals surface area contributed by atoms with Crippen LogP contribution in [0.4, 0.5) is 0 Å². The summed E-state index contributed by atoms with van der Waals surface area (Å²) in [6.07, 6.45) is 1.73. The van der Waals surface area contributed by atoms with E-state index in [9.17, 15) is 0 Å². The van der Waals surface area contributed by atoms with Gasteiger partial charge in [0.15, 0.2) is 0 Å². The van der Waals surface area contributed by atoms with Crippen LogP contribution in [0.15, 0.2) is 21.3 Å². The van der Waals surface area contributed by atoms with E-state index < -0.39 is 0 Å². The van der Waals surface area contributed by atoms with Crippen LogP contribution in [-0.4, -0.2) is 4.98 Å². The lowest BCUT2D eigenvalue weighted by atomic mass is 10.2. The minimum absolute atomic E-state index is 0.00868. The third kappa shape index (κ3) is 2.25. The minimum atomic E-state index is 0.00868. The highest BCUT2D eigenvalue weighted by Crippen LogP contribution is 2.22. The maximum atomic E-state index is 5.69. The summed E-state index contributed by atoms with van der Waals surface area (Å²) >= 11 is 6.64. The van der Waals surface area contributed by atoms with E-state index in [1.54, 1.807) is 6.20 Å². The highest BCUT2D eigenvalue weighted by Gasteiger charge is 2.05. The molecule has 0 saturated heterocycles. The van der Waals surface area contributed by atoms with Gasteiger partial charge in [-0.3, -0.25) is 0 Å². The van der Waals surface area contributed by atoms with E-state index in [-0.39, 0.29) is 6.04 Å². The zero-order chi connectivity index (χ0) is 8.43. The Labute approximate surface area is 82.5 Å². The Morgan fingerprint density at radius 2 is 2.18 bits per heavy atom. The summed E-state index contributed by atoms with van der Waals surface area (Å²) in [6.45, 7) is 1.92. The van der Waals surface area contributed by atoms with Crippen molar-refractivity contribution in [2.75, 3.05) is 0 Å². The van der Waals surface area contributed by atoms with Crippen LogP contribution in [-0.2, 0) is 0 Å². The Morgan fingerprint density at radius 1 is 1.55 bits per heavy atom. The average Bonchev–Trinajstić information content (AvgIpc) is 1.94. The molecule has 1 aromatic heterocycles. The lowest BCUT2D eigenvalue weighted by molar-refractivity contribution is 0.803. The molecule has 4 heteroatoms. The first-order chi connectivity index (χ1) is 5.11. The first-order valence-electron chi connectivity index (χ1n) is 3.18. The van der Waals surface area contributed by atoms with Crippen LogP contribution in [0, 0.1) is 0 Å². The molecule has 0 aliphatic carbocycles. The van der Waals surface area contributed by atoms with Crippen LogP contribution in [0.25, 0.3) is 0 Å². The fraction of sp³-hybridized carbons (Fsp3) is 0.286. The van der Waals surface area contributed by atoms with Crippen molar-refractivity contribution >= 4 is 31.9 Å². The Morgan fingerprint density at radius 3 is 2.64 bits per heavy atom. The number of nitrogens with two attached hydrogens (primary N) is 1. The van der Waals surface area contributed by atoms with Gasteiger partial charge in [-0.2, -0.15) is 0 Å². The summed E-state index contributed by atoms with van der Waals surface area (Å²) in [6, 6.07) is 1.97. The molecule has 0 amide bonds. The molecule has 0 aliphatic rings. The van der Waals surface area contributed by atoms with Crippen molar-refractivity contribution in [2.24, 2.45) is 5.73 Å². The number of nitrogens with zero attached hydrogens (tertiary/aromatic N) is 1. The van der Waals surface area contributed by atoms with E-state index in [0.29, 0.717) is 0 Å². The van der Waals surface area contributed by atoms with Crippen molar-refractivity contribution in [2.45, 2.75) is 13.0 Å². The molecular weight excluding hydrogens is 272 g/mol. The molecule has 0 spiro atoms. The fourth-order valence-corrected chi connectivity index (χ4v) is 1.68. The Kier molecular flexibility index (Phi) is 3.04.